The molecule has 1 aliphatic rings. The van der Waals surface area contributed by atoms with Gasteiger partial charge in [0.2, 0.25) is 0 Å². The van der Waals surface area contributed by atoms with Crippen molar-refractivity contribution < 1.29 is 4.74 Å². The highest BCUT2D eigenvalue weighted by atomic mass is 79.9. The summed E-state index contributed by atoms with van der Waals surface area (Å²) < 4.78 is 6.84. The Morgan fingerprint density at radius 3 is 2.65 bits per heavy atom. The lowest BCUT2D eigenvalue weighted by molar-refractivity contribution is 0.286. The van der Waals surface area contributed by atoms with Crippen LogP contribution < -0.4 is 10.1 Å². The van der Waals surface area contributed by atoms with Crippen molar-refractivity contribution in [3.05, 3.63) is 58.6 Å². The molecule has 0 unspecified atom stereocenters. The fourth-order valence-corrected chi connectivity index (χ4v) is 2.25. The predicted octanol–water partition coefficient (Wildman–Crippen LogP) is 3.99. The molecule has 0 bridgehead atoms. The monoisotopic (exact) mass is 289 g/mol. The molecule has 0 aliphatic carbocycles. The second-order valence-corrected chi connectivity index (χ2v) is 4.97. The van der Waals surface area contributed by atoms with E-state index in [0.717, 1.165) is 15.9 Å². The van der Waals surface area contributed by atoms with Gasteiger partial charge < -0.3 is 10.1 Å². The zero-order valence-electron chi connectivity index (χ0n) is 9.19. The van der Waals surface area contributed by atoms with Gasteiger partial charge in [-0.25, -0.2) is 0 Å². The number of halogens is 1. The largest absolute Gasteiger partial charge is 0.489 e. The Morgan fingerprint density at radius 2 is 1.82 bits per heavy atom. The third kappa shape index (κ3) is 2.15. The highest BCUT2D eigenvalue weighted by Gasteiger charge is 2.19. The van der Waals surface area contributed by atoms with Gasteiger partial charge in [0.15, 0.2) is 0 Å². The number of benzene rings is 2. The quantitative estimate of drug-likeness (QED) is 0.857. The maximum atomic E-state index is 5.75. The van der Waals surface area contributed by atoms with Crippen molar-refractivity contribution in [2.75, 3.05) is 11.9 Å². The van der Waals surface area contributed by atoms with E-state index >= 15 is 0 Å². The first-order valence-electron chi connectivity index (χ1n) is 5.57. The van der Waals surface area contributed by atoms with Gasteiger partial charge >= 0.3 is 0 Å². The van der Waals surface area contributed by atoms with Gasteiger partial charge in [-0.2, -0.15) is 0 Å². The van der Waals surface area contributed by atoms with E-state index in [0.29, 0.717) is 6.61 Å². The fourth-order valence-electron chi connectivity index (χ4n) is 1.99. The van der Waals surface area contributed by atoms with E-state index in [1.165, 1.54) is 5.56 Å². The lowest BCUT2D eigenvalue weighted by Crippen LogP contribution is -2.23. The van der Waals surface area contributed by atoms with E-state index in [-0.39, 0.29) is 6.04 Å². The van der Waals surface area contributed by atoms with Crippen molar-refractivity contribution in [2.24, 2.45) is 0 Å². The summed E-state index contributed by atoms with van der Waals surface area (Å²) in [5.41, 5.74) is 2.30. The molecule has 0 spiro atoms. The fraction of sp³-hybridized carbons (Fsp3) is 0.143. The van der Waals surface area contributed by atoms with E-state index in [9.17, 15) is 0 Å². The number of hydrogen-bond acceptors (Lipinski definition) is 2. The molecule has 1 heterocycles. The van der Waals surface area contributed by atoms with Gasteiger partial charge in [-0.15, -0.1) is 0 Å². The number of rotatable bonds is 1. The van der Waals surface area contributed by atoms with Crippen LogP contribution in [0.4, 0.5) is 5.69 Å². The summed E-state index contributed by atoms with van der Waals surface area (Å²) in [4.78, 5) is 0. The maximum Gasteiger partial charge on any atom is 0.142 e. The summed E-state index contributed by atoms with van der Waals surface area (Å²) in [6.07, 6.45) is 0. The highest BCUT2D eigenvalue weighted by Crippen LogP contribution is 2.33. The van der Waals surface area contributed by atoms with Crippen LogP contribution in [0.15, 0.2) is 53.0 Å². The number of ether oxygens (including phenoxy) is 1. The van der Waals surface area contributed by atoms with Crippen LogP contribution in [-0.4, -0.2) is 6.61 Å². The zero-order chi connectivity index (χ0) is 11.7. The topological polar surface area (TPSA) is 21.3 Å². The Morgan fingerprint density at radius 1 is 1.06 bits per heavy atom. The Hall–Kier alpha value is -1.48. The molecule has 1 atom stereocenters. The Balaban J connectivity index is 1.86. The second-order valence-electron chi connectivity index (χ2n) is 4.06. The van der Waals surface area contributed by atoms with Crippen LogP contribution >= 0.6 is 15.9 Å². The minimum atomic E-state index is 0.220. The number of hydrogen-bond donors (Lipinski definition) is 1. The van der Waals surface area contributed by atoms with Gasteiger partial charge in [0, 0.05) is 4.47 Å². The van der Waals surface area contributed by atoms with Gasteiger partial charge in [0.1, 0.15) is 12.4 Å². The molecule has 2 nitrogen and oxygen atoms in total. The average Bonchev–Trinajstić information content (AvgIpc) is 2.39. The van der Waals surface area contributed by atoms with E-state index in [4.69, 9.17) is 4.74 Å². The van der Waals surface area contributed by atoms with Crippen LogP contribution in [0.1, 0.15) is 11.6 Å². The van der Waals surface area contributed by atoms with E-state index in [1.54, 1.807) is 0 Å². The van der Waals surface area contributed by atoms with Crippen molar-refractivity contribution in [1.82, 2.24) is 0 Å². The summed E-state index contributed by atoms with van der Waals surface area (Å²) in [5.74, 6) is 0.931. The van der Waals surface area contributed by atoms with Gasteiger partial charge in [-0.1, -0.05) is 40.2 Å². The average molecular weight is 290 g/mol. The van der Waals surface area contributed by atoms with E-state index in [2.05, 4.69) is 45.5 Å². The molecule has 2 aromatic carbocycles. The molecule has 0 aromatic heterocycles. The maximum absolute atomic E-state index is 5.75. The van der Waals surface area contributed by atoms with Crippen molar-refractivity contribution in [1.29, 1.82) is 0 Å². The van der Waals surface area contributed by atoms with Crippen LogP contribution in [0.3, 0.4) is 0 Å². The molecule has 1 N–H and O–H groups in total. The minimum Gasteiger partial charge on any atom is -0.489 e. The summed E-state index contributed by atoms with van der Waals surface area (Å²) in [6, 6.07) is 16.6. The van der Waals surface area contributed by atoms with Crippen LogP contribution in [0.5, 0.6) is 5.75 Å². The van der Waals surface area contributed by atoms with Crippen molar-refractivity contribution in [2.45, 2.75) is 6.04 Å². The second kappa shape index (κ2) is 4.41. The Bertz CT molecular complexity index is 524. The molecule has 2 aromatic rings. The lowest BCUT2D eigenvalue weighted by Gasteiger charge is -2.27. The molecular formula is C14H12BrNO. The molecule has 0 radical (unpaired) electrons. The van der Waals surface area contributed by atoms with Crippen molar-refractivity contribution >= 4 is 21.6 Å². The van der Waals surface area contributed by atoms with Gasteiger partial charge in [0.05, 0.1) is 11.7 Å². The first kappa shape index (κ1) is 10.7. The van der Waals surface area contributed by atoms with Crippen molar-refractivity contribution in [3.63, 3.8) is 0 Å². The van der Waals surface area contributed by atoms with Gasteiger partial charge in [0.25, 0.3) is 0 Å². The third-order valence-corrected chi connectivity index (χ3v) is 3.42. The summed E-state index contributed by atoms with van der Waals surface area (Å²) in [5, 5.41) is 3.49. The molecule has 1 aliphatic heterocycles. The smallest absolute Gasteiger partial charge is 0.142 e. The van der Waals surface area contributed by atoms with Crippen molar-refractivity contribution in [3.8, 4) is 5.75 Å². The summed E-state index contributed by atoms with van der Waals surface area (Å²) >= 11 is 3.44. The highest BCUT2D eigenvalue weighted by molar-refractivity contribution is 9.10. The minimum absolute atomic E-state index is 0.220. The molecular weight excluding hydrogens is 278 g/mol. The molecule has 0 fully saturated rings. The zero-order valence-corrected chi connectivity index (χ0v) is 10.8. The summed E-state index contributed by atoms with van der Waals surface area (Å²) in [7, 11) is 0. The Kier molecular flexibility index (Phi) is 2.77. The number of anilines is 1. The molecule has 0 saturated carbocycles. The molecule has 0 saturated heterocycles. The van der Waals surface area contributed by atoms with Crippen LogP contribution in [0.25, 0.3) is 0 Å². The van der Waals surface area contributed by atoms with E-state index in [1.807, 2.05) is 24.3 Å². The van der Waals surface area contributed by atoms with E-state index < -0.39 is 0 Å². The third-order valence-electron chi connectivity index (χ3n) is 2.89. The van der Waals surface area contributed by atoms with Gasteiger partial charge in [-0.3, -0.25) is 0 Å². The predicted molar refractivity (Wildman–Crippen MR) is 72.4 cm³/mol. The first-order valence-corrected chi connectivity index (χ1v) is 6.36. The van der Waals surface area contributed by atoms with Crippen LogP contribution in [0, 0.1) is 0 Å². The number of nitrogens with one attached hydrogen (secondary N) is 1. The SMILES string of the molecule is Brc1ccc([C@@H]2COc3ccccc3N2)cc1. The summed E-state index contributed by atoms with van der Waals surface area (Å²) in [6.45, 7) is 0.665. The lowest BCUT2D eigenvalue weighted by atomic mass is 10.1. The molecule has 17 heavy (non-hydrogen) atoms. The first-order chi connectivity index (χ1) is 8.33. The number of fused-ring (bicyclic) bond motifs is 1. The molecule has 3 rings (SSSR count). The van der Waals surface area contributed by atoms with Gasteiger partial charge in [-0.05, 0) is 29.8 Å². The number of para-hydroxylation sites is 2. The van der Waals surface area contributed by atoms with Crippen LogP contribution in [0.2, 0.25) is 0 Å². The molecule has 3 heteroatoms. The molecule has 86 valence electrons. The normalized spacial score (nSPS) is 17.8. The molecule has 0 amide bonds. The standard InChI is InChI=1S/C14H12BrNO/c15-11-7-5-10(6-8-11)13-9-17-14-4-2-1-3-12(14)16-13/h1-8,13,16H,9H2/t13-/m0/s1. The van der Waals surface area contributed by atoms with Crippen LogP contribution in [-0.2, 0) is 0 Å². The Labute approximate surface area is 109 Å².